The van der Waals surface area contributed by atoms with Crippen molar-refractivity contribution in [3.63, 3.8) is 0 Å². The molecule has 0 fully saturated rings. The number of para-hydroxylation sites is 1. The van der Waals surface area contributed by atoms with E-state index in [1.54, 1.807) is 32.0 Å². The Hall–Kier alpha value is -4.55. The maximum atomic E-state index is 13.2. The highest BCUT2D eigenvalue weighted by molar-refractivity contribution is 7.92. The third-order valence-electron chi connectivity index (χ3n) is 5.88. The van der Waals surface area contributed by atoms with E-state index in [4.69, 9.17) is 9.26 Å². The summed E-state index contributed by atoms with van der Waals surface area (Å²) in [7, 11) is -3.91. The molecule has 12 heteroatoms. The lowest BCUT2D eigenvalue weighted by Crippen LogP contribution is -2.32. The number of fused-ring (bicyclic) bond motifs is 1. The Bertz CT molecular complexity index is 1760. The molecule has 2 heterocycles. The molecule has 0 aliphatic heterocycles. The fraction of sp³-hybridized carbons (Fsp3) is 0.143. The Labute approximate surface area is 234 Å². The fourth-order valence-corrected chi connectivity index (χ4v) is 5.89. The number of ether oxygens (including phenoxy) is 1. The van der Waals surface area contributed by atoms with Crippen molar-refractivity contribution in [3.05, 3.63) is 90.2 Å². The van der Waals surface area contributed by atoms with Crippen LogP contribution in [0.1, 0.15) is 29.5 Å². The molecule has 0 spiro atoms. The third-order valence-corrected chi connectivity index (χ3v) is 8.32. The largest absolute Gasteiger partial charge is 0.449 e. The van der Waals surface area contributed by atoms with Gasteiger partial charge in [0.05, 0.1) is 20.7 Å². The van der Waals surface area contributed by atoms with Crippen molar-refractivity contribution in [1.82, 2.24) is 10.1 Å². The van der Waals surface area contributed by atoms with Crippen LogP contribution in [0, 0.1) is 6.92 Å². The number of nitrogens with one attached hydrogen (secondary N) is 2. The zero-order valence-electron chi connectivity index (χ0n) is 21.5. The van der Waals surface area contributed by atoms with Crippen LogP contribution in [0.3, 0.4) is 0 Å². The second-order valence-corrected chi connectivity index (χ2v) is 11.5. The van der Waals surface area contributed by atoms with Crippen LogP contribution in [-0.2, 0) is 19.6 Å². The summed E-state index contributed by atoms with van der Waals surface area (Å²) in [6, 6.07) is 21.7. The molecule has 0 bridgehead atoms. The number of aryl methyl sites for hydroxylation is 1. The summed E-state index contributed by atoms with van der Waals surface area (Å²) in [6.45, 7) is 3.37. The zero-order valence-corrected chi connectivity index (χ0v) is 23.1. The van der Waals surface area contributed by atoms with E-state index in [9.17, 15) is 18.0 Å². The van der Waals surface area contributed by atoms with E-state index >= 15 is 0 Å². The Kier molecular flexibility index (Phi) is 7.63. The van der Waals surface area contributed by atoms with Crippen molar-refractivity contribution in [3.8, 4) is 10.6 Å². The molecule has 3 aromatic carbocycles. The van der Waals surface area contributed by atoms with Crippen molar-refractivity contribution in [2.24, 2.45) is 0 Å². The van der Waals surface area contributed by atoms with Gasteiger partial charge in [-0.3, -0.25) is 9.52 Å². The molecule has 2 N–H and O–H groups in total. The van der Waals surface area contributed by atoms with Gasteiger partial charge in [-0.05, 0) is 55.8 Å². The molecule has 0 aliphatic rings. The summed E-state index contributed by atoms with van der Waals surface area (Å²) in [5, 5.41) is 6.98. The molecule has 5 rings (SSSR count). The number of carbonyl (C=O) groups excluding carboxylic acids is 2. The van der Waals surface area contributed by atoms with Crippen LogP contribution >= 0.6 is 11.3 Å². The number of sulfonamides is 1. The quantitative estimate of drug-likeness (QED) is 0.215. The Morgan fingerprint density at radius 3 is 2.45 bits per heavy atom. The molecular weight excluding hydrogens is 552 g/mol. The Morgan fingerprint density at radius 2 is 1.75 bits per heavy atom. The predicted molar refractivity (Wildman–Crippen MR) is 152 cm³/mol. The van der Waals surface area contributed by atoms with Gasteiger partial charge in [0.2, 0.25) is 0 Å². The lowest BCUT2D eigenvalue weighted by atomic mass is 10.1. The molecule has 0 saturated heterocycles. The maximum Gasteiger partial charge on any atom is 0.339 e. The summed E-state index contributed by atoms with van der Waals surface area (Å²) in [6.07, 6.45) is -0.842. The number of benzene rings is 3. The number of thiazole rings is 1. The topological polar surface area (TPSA) is 140 Å². The van der Waals surface area contributed by atoms with Crippen LogP contribution in [0.2, 0.25) is 0 Å². The van der Waals surface area contributed by atoms with Gasteiger partial charge in [0.15, 0.2) is 11.9 Å². The number of rotatable bonds is 9. The summed E-state index contributed by atoms with van der Waals surface area (Å²) >= 11 is 1.47. The van der Waals surface area contributed by atoms with Crippen LogP contribution in [0.15, 0.2) is 88.3 Å². The number of nitrogens with zero attached hydrogens (tertiary/aromatic N) is 2. The number of aromatic nitrogens is 2. The summed E-state index contributed by atoms with van der Waals surface area (Å²) in [5.74, 6) is -0.665. The fourth-order valence-electron chi connectivity index (χ4n) is 3.90. The van der Waals surface area contributed by atoms with Gasteiger partial charge in [-0.25, -0.2) is 18.2 Å². The standard InChI is InChI=1S/C28H24N4O6S2/c1-3-23(26(33)29-18-12-14-19(15-13-18)40(35,36)32-25-16-17(2)38-31-25)37-28(34)21-9-5-4-8-20(21)27-30-22-10-6-7-11-24(22)39-27/h4-16,23H,3H2,1-2H3,(H,29,33)(H,31,32). The Morgan fingerprint density at radius 1 is 1.02 bits per heavy atom. The van der Waals surface area contributed by atoms with Gasteiger partial charge in [0.25, 0.3) is 15.9 Å². The zero-order chi connectivity index (χ0) is 28.3. The van der Waals surface area contributed by atoms with E-state index in [-0.39, 0.29) is 17.1 Å². The minimum Gasteiger partial charge on any atom is -0.449 e. The minimum atomic E-state index is -3.91. The van der Waals surface area contributed by atoms with Gasteiger partial charge in [0.1, 0.15) is 10.8 Å². The van der Waals surface area contributed by atoms with Crippen LogP contribution in [0.4, 0.5) is 11.5 Å². The first kappa shape index (κ1) is 27.0. The highest BCUT2D eigenvalue weighted by atomic mass is 32.2. The number of anilines is 2. The first-order chi connectivity index (χ1) is 19.2. The van der Waals surface area contributed by atoms with E-state index in [2.05, 4.69) is 20.2 Å². The summed E-state index contributed by atoms with van der Waals surface area (Å²) < 4.78 is 39.0. The molecule has 2 aromatic heterocycles. The first-order valence-electron chi connectivity index (χ1n) is 12.3. The van der Waals surface area contributed by atoms with Gasteiger partial charge in [-0.15, -0.1) is 11.3 Å². The maximum absolute atomic E-state index is 13.2. The van der Waals surface area contributed by atoms with Crippen LogP contribution in [0.25, 0.3) is 20.8 Å². The minimum absolute atomic E-state index is 0.0314. The van der Waals surface area contributed by atoms with E-state index < -0.39 is 28.0 Å². The smallest absolute Gasteiger partial charge is 0.339 e. The van der Waals surface area contributed by atoms with E-state index in [1.807, 2.05) is 30.3 Å². The van der Waals surface area contributed by atoms with Crippen molar-refractivity contribution < 1.29 is 27.3 Å². The molecule has 0 saturated carbocycles. The van der Waals surface area contributed by atoms with Crippen molar-refractivity contribution in [2.45, 2.75) is 31.3 Å². The second kappa shape index (κ2) is 11.3. The van der Waals surface area contributed by atoms with Gasteiger partial charge in [0, 0.05) is 17.3 Å². The van der Waals surface area contributed by atoms with Gasteiger partial charge >= 0.3 is 5.97 Å². The average molecular weight is 577 g/mol. The number of hydrogen-bond acceptors (Lipinski definition) is 9. The predicted octanol–water partition coefficient (Wildman–Crippen LogP) is 5.63. The molecule has 10 nitrogen and oxygen atoms in total. The molecule has 40 heavy (non-hydrogen) atoms. The highest BCUT2D eigenvalue weighted by Crippen LogP contribution is 2.32. The van der Waals surface area contributed by atoms with Crippen LogP contribution in [-0.4, -0.2) is 36.5 Å². The lowest BCUT2D eigenvalue weighted by molar-refractivity contribution is -0.124. The molecule has 0 radical (unpaired) electrons. The number of carbonyl (C=O) groups is 2. The highest BCUT2D eigenvalue weighted by Gasteiger charge is 2.25. The van der Waals surface area contributed by atoms with Crippen molar-refractivity contribution in [1.29, 1.82) is 0 Å². The number of amides is 1. The van der Waals surface area contributed by atoms with Crippen molar-refractivity contribution >= 4 is 55.0 Å². The van der Waals surface area contributed by atoms with E-state index in [1.165, 1.54) is 41.7 Å². The number of esters is 1. The van der Waals surface area contributed by atoms with Gasteiger partial charge < -0.3 is 14.6 Å². The second-order valence-electron chi connectivity index (χ2n) is 8.78. The average Bonchev–Trinajstić information content (AvgIpc) is 3.57. The van der Waals surface area contributed by atoms with Crippen LogP contribution < -0.4 is 10.0 Å². The molecule has 204 valence electrons. The molecule has 1 amide bonds. The number of hydrogen-bond donors (Lipinski definition) is 2. The van der Waals surface area contributed by atoms with Gasteiger partial charge in [-0.2, -0.15) is 0 Å². The SMILES string of the molecule is CCC(OC(=O)c1ccccc1-c1nc2ccccc2s1)C(=O)Nc1ccc(S(=O)(=O)Nc2cc(C)on2)cc1. The Balaban J connectivity index is 1.27. The molecule has 0 aliphatic carbocycles. The van der Waals surface area contributed by atoms with E-state index in [0.717, 1.165) is 10.2 Å². The van der Waals surface area contributed by atoms with Crippen molar-refractivity contribution in [2.75, 3.05) is 10.0 Å². The normalized spacial score (nSPS) is 12.2. The molecule has 1 atom stereocenters. The molecular formula is C28H24N4O6S2. The lowest BCUT2D eigenvalue weighted by Gasteiger charge is -2.17. The van der Waals surface area contributed by atoms with E-state index in [0.29, 0.717) is 27.6 Å². The molecule has 1 unspecified atom stereocenters. The first-order valence-corrected chi connectivity index (χ1v) is 14.6. The summed E-state index contributed by atoms with van der Waals surface area (Å²) in [5.41, 5.74) is 2.09. The van der Waals surface area contributed by atoms with Gasteiger partial charge in [-0.1, -0.05) is 42.4 Å². The monoisotopic (exact) mass is 576 g/mol. The van der Waals surface area contributed by atoms with Crippen LogP contribution in [0.5, 0.6) is 0 Å². The molecule has 5 aromatic rings. The third kappa shape index (κ3) is 5.87. The summed E-state index contributed by atoms with van der Waals surface area (Å²) in [4.78, 5) is 30.7.